The van der Waals surface area contributed by atoms with Gasteiger partial charge in [-0.3, -0.25) is 4.79 Å². The van der Waals surface area contributed by atoms with Crippen LogP contribution in [0.5, 0.6) is 11.5 Å². The maximum absolute atomic E-state index is 13.5. The van der Waals surface area contributed by atoms with Crippen LogP contribution in [-0.2, 0) is 27.3 Å². The van der Waals surface area contributed by atoms with Gasteiger partial charge in [0.15, 0.2) is 0 Å². The van der Waals surface area contributed by atoms with Crippen LogP contribution in [0.3, 0.4) is 0 Å². The van der Waals surface area contributed by atoms with Gasteiger partial charge in [0.1, 0.15) is 18.1 Å². The first-order valence-electron chi connectivity index (χ1n) is 12.9. The van der Waals surface area contributed by atoms with E-state index < -0.39 is 30.1 Å². The first-order valence-corrected chi connectivity index (χ1v) is 12.9. The maximum atomic E-state index is 13.5. The third-order valence-corrected chi connectivity index (χ3v) is 7.14. The molecule has 1 N–H and O–H groups in total. The van der Waals surface area contributed by atoms with Gasteiger partial charge in [0.05, 0.1) is 45.5 Å². The number of rotatable bonds is 12. The van der Waals surface area contributed by atoms with E-state index in [0.717, 1.165) is 21.6 Å². The van der Waals surface area contributed by atoms with Crippen LogP contribution in [0.1, 0.15) is 54.7 Å². The summed E-state index contributed by atoms with van der Waals surface area (Å²) in [6, 6.07) is 9.49. The molecule has 206 valence electrons. The number of amides is 2. The van der Waals surface area contributed by atoms with Crippen LogP contribution < -0.4 is 9.47 Å². The lowest BCUT2D eigenvalue weighted by atomic mass is 9.86. The highest BCUT2D eigenvalue weighted by Gasteiger charge is 2.43. The summed E-state index contributed by atoms with van der Waals surface area (Å²) in [6.07, 6.45) is 0.0818. The zero-order valence-corrected chi connectivity index (χ0v) is 23.2. The summed E-state index contributed by atoms with van der Waals surface area (Å²) in [5, 5.41) is 11.6. The number of methoxy groups -OCH3 is 2. The Morgan fingerprint density at radius 3 is 2.42 bits per heavy atom. The molecular formula is C30H39NO7. The van der Waals surface area contributed by atoms with Crippen LogP contribution in [0.4, 0.5) is 4.79 Å². The Hall–Kier alpha value is -3.36. The van der Waals surface area contributed by atoms with Gasteiger partial charge in [0.2, 0.25) is 5.91 Å². The van der Waals surface area contributed by atoms with Crippen molar-refractivity contribution in [2.75, 3.05) is 27.4 Å². The van der Waals surface area contributed by atoms with Gasteiger partial charge in [-0.15, -0.1) is 0 Å². The first-order chi connectivity index (χ1) is 18.2. The third kappa shape index (κ3) is 5.87. The normalized spacial score (nSPS) is 16.8. The smallest absolute Gasteiger partial charge is 0.416 e. The van der Waals surface area contributed by atoms with Crippen LogP contribution in [0.15, 0.2) is 36.9 Å². The monoisotopic (exact) mass is 525 g/mol. The van der Waals surface area contributed by atoms with Crippen molar-refractivity contribution in [3.05, 3.63) is 64.7 Å². The molecule has 0 saturated carbocycles. The summed E-state index contributed by atoms with van der Waals surface area (Å²) in [6.45, 7) is 12.3. The molecule has 38 heavy (non-hydrogen) atoms. The Bertz CT molecular complexity index is 1150. The number of carbonyl (C=O) groups excluding carboxylic acids is 2. The Labute approximate surface area is 225 Å². The minimum atomic E-state index is -1.30. The summed E-state index contributed by atoms with van der Waals surface area (Å²) < 4.78 is 22.6. The summed E-state index contributed by atoms with van der Waals surface area (Å²) in [5.41, 5.74) is 3.63. The molecule has 8 heteroatoms. The molecule has 1 aliphatic heterocycles. The highest BCUT2D eigenvalue weighted by Crippen LogP contribution is 2.45. The van der Waals surface area contributed by atoms with E-state index >= 15 is 0 Å². The molecule has 3 rings (SSSR count). The number of aliphatic hydroxyl groups is 1. The predicted molar refractivity (Wildman–Crippen MR) is 145 cm³/mol. The number of cyclic esters (lactones) is 1. The zero-order valence-electron chi connectivity index (χ0n) is 23.2. The average Bonchev–Trinajstić information content (AvgIpc) is 3.31. The number of hydrogen-bond acceptors (Lipinski definition) is 7. The molecule has 2 amide bonds. The Kier molecular flexibility index (Phi) is 9.94. The second kappa shape index (κ2) is 12.9. The van der Waals surface area contributed by atoms with Gasteiger partial charge in [0, 0.05) is 16.7 Å². The molecule has 1 saturated heterocycles. The van der Waals surface area contributed by atoms with Crippen molar-refractivity contribution in [2.24, 2.45) is 11.8 Å². The standard InChI is InChI=1S/C30H39NO7/c1-8-22-25(26(32)20(5)29(33)31-24(18(2)3)17-38-30(31)34)28(36-7)23(19(4)27(22)35-6)14-15-37-16-21-12-10-9-11-13-21/h8-13,18,20,24,26,32H,1,14-17H2,2-7H3/t20-,24-,26+/m1/s1. The first kappa shape index (κ1) is 29.2. The summed E-state index contributed by atoms with van der Waals surface area (Å²) in [7, 11) is 3.08. The van der Waals surface area contributed by atoms with Gasteiger partial charge >= 0.3 is 6.09 Å². The Morgan fingerprint density at radius 2 is 1.84 bits per heavy atom. The highest BCUT2D eigenvalue weighted by atomic mass is 16.6. The van der Waals surface area contributed by atoms with E-state index in [0.29, 0.717) is 42.3 Å². The summed E-state index contributed by atoms with van der Waals surface area (Å²) >= 11 is 0. The lowest BCUT2D eigenvalue weighted by molar-refractivity contribution is -0.137. The second-order valence-electron chi connectivity index (χ2n) is 9.82. The fourth-order valence-electron chi connectivity index (χ4n) is 4.93. The van der Waals surface area contributed by atoms with Crippen LogP contribution in [-0.4, -0.2) is 55.5 Å². The number of aliphatic hydroxyl groups excluding tert-OH is 1. The van der Waals surface area contributed by atoms with Crippen LogP contribution in [0.2, 0.25) is 0 Å². The summed E-state index contributed by atoms with van der Waals surface area (Å²) in [5.74, 6) is -0.492. The number of hydrogen-bond donors (Lipinski definition) is 1. The number of benzene rings is 2. The molecular weight excluding hydrogens is 486 g/mol. The van der Waals surface area contributed by atoms with Gasteiger partial charge in [-0.2, -0.15) is 0 Å². The van der Waals surface area contributed by atoms with E-state index in [9.17, 15) is 14.7 Å². The van der Waals surface area contributed by atoms with Gasteiger partial charge < -0.3 is 24.1 Å². The topological polar surface area (TPSA) is 94.5 Å². The van der Waals surface area contributed by atoms with E-state index in [-0.39, 0.29) is 12.5 Å². The summed E-state index contributed by atoms with van der Waals surface area (Å²) in [4.78, 5) is 27.0. The van der Waals surface area contributed by atoms with E-state index in [1.54, 1.807) is 20.1 Å². The molecule has 2 aromatic rings. The van der Waals surface area contributed by atoms with Gasteiger partial charge in [0.25, 0.3) is 0 Å². The zero-order chi connectivity index (χ0) is 28.0. The minimum Gasteiger partial charge on any atom is -0.496 e. The van der Waals surface area contributed by atoms with Crippen LogP contribution in [0, 0.1) is 18.8 Å². The molecule has 0 unspecified atom stereocenters. The largest absolute Gasteiger partial charge is 0.496 e. The molecule has 0 radical (unpaired) electrons. The van der Waals surface area contributed by atoms with Gasteiger partial charge in [-0.05, 0) is 30.4 Å². The van der Waals surface area contributed by atoms with Crippen LogP contribution in [0.25, 0.3) is 6.08 Å². The number of imide groups is 1. The molecule has 1 heterocycles. The molecule has 1 fully saturated rings. The molecule has 0 aliphatic carbocycles. The van der Waals surface area contributed by atoms with Gasteiger partial charge in [-0.1, -0.05) is 63.8 Å². The van der Waals surface area contributed by atoms with Gasteiger partial charge in [-0.25, -0.2) is 9.69 Å². The molecule has 1 aliphatic rings. The molecule has 2 aromatic carbocycles. The molecule has 3 atom stereocenters. The minimum absolute atomic E-state index is 0.00923. The predicted octanol–water partition coefficient (Wildman–Crippen LogP) is 5.09. The lowest BCUT2D eigenvalue weighted by Gasteiger charge is -2.30. The van der Waals surface area contributed by atoms with Crippen LogP contribution >= 0.6 is 0 Å². The van der Waals surface area contributed by atoms with E-state index in [4.69, 9.17) is 18.9 Å². The van der Waals surface area contributed by atoms with Crippen molar-refractivity contribution in [1.82, 2.24) is 4.90 Å². The Balaban J connectivity index is 1.96. The number of ether oxygens (including phenoxy) is 4. The second-order valence-corrected chi connectivity index (χ2v) is 9.82. The van der Waals surface area contributed by atoms with Crippen molar-refractivity contribution in [2.45, 2.75) is 52.9 Å². The quantitative estimate of drug-likeness (QED) is 0.386. The van der Waals surface area contributed by atoms with Crippen molar-refractivity contribution < 1.29 is 33.6 Å². The van der Waals surface area contributed by atoms with Crippen molar-refractivity contribution >= 4 is 18.1 Å². The Morgan fingerprint density at radius 1 is 1.18 bits per heavy atom. The molecule has 0 bridgehead atoms. The SMILES string of the molecule is C=Cc1c(OC)c(C)c(CCOCc2ccccc2)c(OC)c1[C@@H](O)[C@@H](C)C(=O)N1C(=O)OC[C@@H]1C(C)C. The fourth-order valence-corrected chi connectivity index (χ4v) is 4.93. The molecule has 0 aromatic heterocycles. The van der Waals surface area contributed by atoms with E-state index in [1.165, 1.54) is 7.11 Å². The van der Waals surface area contributed by atoms with Crippen molar-refractivity contribution in [3.8, 4) is 11.5 Å². The van der Waals surface area contributed by atoms with E-state index in [2.05, 4.69) is 6.58 Å². The maximum Gasteiger partial charge on any atom is 0.416 e. The highest BCUT2D eigenvalue weighted by molar-refractivity contribution is 5.95. The molecule has 0 spiro atoms. The fraction of sp³-hybridized carbons (Fsp3) is 0.467. The third-order valence-electron chi connectivity index (χ3n) is 7.14. The molecule has 8 nitrogen and oxygen atoms in total. The van der Waals surface area contributed by atoms with E-state index in [1.807, 2.05) is 51.1 Å². The number of nitrogens with zero attached hydrogens (tertiary/aromatic N) is 1. The number of carbonyl (C=O) groups is 2. The van der Waals surface area contributed by atoms with Crippen molar-refractivity contribution in [3.63, 3.8) is 0 Å². The van der Waals surface area contributed by atoms with Crippen molar-refractivity contribution in [1.29, 1.82) is 0 Å². The average molecular weight is 526 g/mol. The lowest BCUT2D eigenvalue weighted by Crippen LogP contribution is -2.45.